The fourth-order valence-corrected chi connectivity index (χ4v) is 4.01. The number of rotatable bonds is 4. The maximum Gasteiger partial charge on any atom is 0.279 e. The standard InChI is InChI=1S/C16H16BrN5O2S/c1-7(2)13-12(17)14(22-21-13)15(24)20-16-19-10-5-4-9(18-8(3)23)6-11(10)25-16/h4-7H,1-3H3,(H,18,23)(H,21,22)(H,19,20,24). The second-order valence-electron chi connectivity index (χ2n) is 5.79. The number of hydrogen-bond acceptors (Lipinski definition) is 5. The molecule has 0 bridgehead atoms. The summed E-state index contributed by atoms with van der Waals surface area (Å²) in [6.07, 6.45) is 0. The Kier molecular flexibility index (Phi) is 4.87. The number of anilines is 2. The van der Waals surface area contributed by atoms with Crippen LogP contribution in [0.3, 0.4) is 0 Å². The van der Waals surface area contributed by atoms with Crippen molar-refractivity contribution in [3.05, 3.63) is 34.1 Å². The largest absolute Gasteiger partial charge is 0.326 e. The third-order valence-electron chi connectivity index (χ3n) is 3.45. The van der Waals surface area contributed by atoms with Crippen LogP contribution in [0.5, 0.6) is 0 Å². The number of halogens is 1. The summed E-state index contributed by atoms with van der Waals surface area (Å²) in [4.78, 5) is 28.0. The minimum Gasteiger partial charge on any atom is -0.326 e. The van der Waals surface area contributed by atoms with Crippen LogP contribution in [0.25, 0.3) is 10.2 Å². The first-order valence-corrected chi connectivity index (χ1v) is 9.19. The maximum absolute atomic E-state index is 12.4. The molecule has 3 aromatic rings. The number of carbonyl (C=O) groups excluding carboxylic acids is 2. The summed E-state index contributed by atoms with van der Waals surface area (Å²) in [7, 11) is 0. The van der Waals surface area contributed by atoms with Gasteiger partial charge >= 0.3 is 0 Å². The predicted octanol–water partition coefficient (Wildman–Crippen LogP) is 4.12. The number of carbonyl (C=O) groups is 2. The molecule has 1 aromatic carbocycles. The molecule has 25 heavy (non-hydrogen) atoms. The van der Waals surface area contributed by atoms with E-state index in [1.54, 1.807) is 12.1 Å². The molecule has 0 spiro atoms. The average molecular weight is 422 g/mol. The number of H-pyrrole nitrogens is 1. The van der Waals surface area contributed by atoms with E-state index in [0.29, 0.717) is 21.0 Å². The Morgan fingerprint density at radius 2 is 2.04 bits per heavy atom. The van der Waals surface area contributed by atoms with Crippen LogP contribution < -0.4 is 10.6 Å². The minimum absolute atomic E-state index is 0.137. The van der Waals surface area contributed by atoms with Crippen molar-refractivity contribution in [2.24, 2.45) is 0 Å². The smallest absolute Gasteiger partial charge is 0.279 e. The summed E-state index contributed by atoms with van der Waals surface area (Å²) >= 11 is 4.75. The van der Waals surface area contributed by atoms with Gasteiger partial charge in [-0.3, -0.25) is 20.0 Å². The van der Waals surface area contributed by atoms with E-state index in [1.807, 2.05) is 19.9 Å². The molecule has 2 aromatic heterocycles. The highest BCUT2D eigenvalue weighted by Crippen LogP contribution is 2.30. The van der Waals surface area contributed by atoms with Gasteiger partial charge in [0, 0.05) is 12.6 Å². The van der Waals surface area contributed by atoms with Crippen molar-refractivity contribution in [2.45, 2.75) is 26.7 Å². The number of benzene rings is 1. The van der Waals surface area contributed by atoms with Crippen LogP contribution in [0.2, 0.25) is 0 Å². The van der Waals surface area contributed by atoms with Gasteiger partial charge in [0.05, 0.1) is 20.4 Å². The van der Waals surface area contributed by atoms with Crippen molar-refractivity contribution in [1.29, 1.82) is 0 Å². The Morgan fingerprint density at radius 3 is 2.68 bits per heavy atom. The number of aromatic nitrogens is 3. The zero-order chi connectivity index (χ0) is 18.1. The molecule has 2 amide bonds. The SMILES string of the molecule is CC(=O)Nc1ccc2nc(NC(=O)c3n[nH]c(C(C)C)c3Br)sc2c1. The van der Waals surface area contributed by atoms with E-state index in [0.717, 1.165) is 15.9 Å². The fourth-order valence-electron chi connectivity index (χ4n) is 2.29. The van der Waals surface area contributed by atoms with Crippen LogP contribution in [-0.4, -0.2) is 27.0 Å². The summed E-state index contributed by atoms with van der Waals surface area (Å²) in [6, 6.07) is 5.40. The van der Waals surface area contributed by atoms with Gasteiger partial charge in [0.25, 0.3) is 5.91 Å². The predicted molar refractivity (Wildman–Crippen MR) is 102 cm³/mol. The van der Waals surface area contributed by atoms with E-state index in [1.165, 1.54) is 18.3 Å². The van der Waals surface area contributed by atoms with Crippen molar-refractivity contribution in [2.75, 3.05) is 10.6 Å². The summed E-state index contributed by atoms with van der Waals surface area (Å²) in [5.41, 5.74) is 2.60. The lowest BCUT2D eigenvalue weighted by atomic mass is 10.1. The highest BCUT2D eigenvalue weighted by atomic mass is 79.9. The molecule has 3 N–H and O–H groups in total. The molecule has 2 heterocycles. The minimum atomic E-state index is -0.337. The molecule has 0 aliphatic carbocycles. The first-order chi connectivity index (χ1) is 11.8. The monoisotopic (exact) mass is 421 g/mol. The number of nitrogens with one attached hydrogen (secondary N) is 3. The third kappa shape index (κ3) is 3.72. The topological polar surface area (TPSA) is 99.8 Å². The molecule has 9 heteroatoms. The van der Waals surface area contributed by atoms with Gasteiger partial charge in [-0.1, -0.05) is 25.2 Å². The van der Waals surface area contributed by atoms with Gasteiger partial charge in [0.2, 0.25) is 5.91 Å². The van der Waals surface area contributed by atoms with Crippen LogP contribution in [0, 0.1) is 0 Å². The number of hydrogen-bond donors (Lipinski definition) is 3. The first kappa shape index (κ1) is 17.6. The average Bonchev–Trinajstić information content (AvgIpc) is 3.08. The van der Waals surface area contributed by atoms with E-state index >= 15 is 0 Å². The zero-order valence-corrected chi connectivity index (χ0v) is 16.2. The summed E-state index contributed by atoms with van der Waals surface area (Å²) < 4.78 is 1.53. The molecule has 0 aliphatic heterocycles. The molecule has 0 aliphatic rings. The normalized spacial score (nSPS) is 11.1. The lowest BCUT2D eigenvalue weighted by Gasteiger charge is -2.01. The highest BCUT2D eigenvalue weighted by Gasteiger charge is 2.20. The Hall–Kier alpha value is -2.26. The summed E-state index contributed by atoms with van der Waals surface area (Å²) in [6.45, 7) is 5.48. The molecule has 130 valence electrons. The molecular weight excluding hydrogens is 406 g/mol. The van der Waals surface area contributed by atoms with E-state index in [9.17, 15) is 9.59 Å². The Bertz CT molecular complexity index is 963. The molecule has 0 unspecified atom stereocenters. The second kappa shape index (κ2) is 6.93. The van der Waals surface area contributed by atoms with Crippen molar-refractivity contribution in [3.8, 4) is 0 Å². The molecule has 0 saturated heterocycles. The number of aromatic amines is 1. The number of thiazole rings is 1. The fraction of sp³-hybridized carbons (Fsp3) is 0.250. The van der Waals surface area contributed by atoms with Crippen molar-refractivity contribution < 1.29 is 9.59 Å². The molecule has 7 nitrogen and oxygen atoms in total. The van der Waals surface area contributed by atoms with Gasteiger partial charge in [-0.05, 0) is 40.0 Å². The molecule has 0 atom stereocenters. The number of fused-ring (bicyclic) bond motifs is 1. The highest BCUT2D eigenvalue weighted by molar-refractivity contribution is 9.10. The molecule has 0 saturated carbocycles. The van der Waals surface area contributed by atoms with Crippen LogP contribution in [0.4, 0.5) is 10.8 Å². The maximum atomic E-state index is 12.4. The lowest BCUT2D eigenvalue weighted by Crippen LogP contribution is -2.12. The van der Waals surface area contributed by atoms with Gasteiger partial charge in [-0.15, -0.1) is 0 Å². The molecule has 0 radical (unpaired) electrons. The lowest BCUT2D eigenvalue weighted by molar-refractivity contribution is -0.114. The third-order valence-corrected chi connectivity index (χ3v) is 5.19. The van der Waals surface area contributed by atoms with Crippen LogP contribution in [0.15, 0.2) is 22.7 Å². The molecule has 0 fully saturated rings. The Morgan fingerprint density at radius 1 is 1.28 bits per heavy atom. The Balaban J connectivity index is 1.82. The Labute approximate surface area is 156 Å². The number of nitrogens with zero attached hydrogens (tertiary/aromatic N) is 2. The van der Waals surface area contributed by atoms with Crippen LogP contribution >= 0.6 is 27.3 Å². The van der Waals surface area contributed by atoms with E-state index in [-0.39, 0.29) is 17.7 Å². The van der Waals surface area contributed by atoms with Crippen molar-refractivity contribution >= 4 is 60.1 Å². The number of amides is 2. The van der Waals surface area contributed by atoms with Gasteiger partial charge in [0.15, 0.2) is 10.8 Å². The second-order valence-corrected chi connectivity index (χ2v) is 7.62. The zero-order valence-electron chi connectivity index (χ0n) is 13.8. The van der Waals surface area contributed by atoms with E-state index in [2.05, 4.69) is 41.7 Å². The van der Waals surface area contributed by atoms with Crippen LogP contribution in [-0.2, 0) is 4.79 Å². The van der Waals surface area contributed by atoms with Gasteiger partial charge < -0.3 is 5.32 Å². The molecular formula is C16H16BrN5O2S. The van der Waals surface area contributed by atoms with Crippen LogP contribution in [0.1, 0.15) is 42.9 Å². The van der Waals surface area contributed by atoms with E-state index in [4.69, 9.17) is 0 Å². The first-order valence-electron chi connectivity index (χ1n) is 7.58. The quantitative estimate of drug-likeness (QED) is 0.589. The van der Waals surface area contributed by atoms with Crippen molar-refractivity contribution in [3.63, 3.8) is 0 Å². The van der Waals surface area contributed by atoms with Crippen molar-refractivity contribution in [1.82, 2.24) is 15.2 Å². The van der Waals surface area contributed by atoms with Gasteiger partial charge in [-0.25, -0.2) is 4.98 Å². The van der Waals surface area contributed by atoms with Gasteiger partial charge in [-0.2, -0.15) is 5.10 Å². The molecule has 3 rings (SSSR count). The van der Waals surface area contributed by atoms with Gasteiger partial charge in [0.1, 0.15) is 0 Å². The summed E-state index contributed by atoms with van der Waals surface area (Å²) in [5, 5.41) is 12.9. The summed E-state index contributed by atoms with van der Waals surface area (Å²) in [5.74, 6) is -0.254. The van der Waals surface area contributed by atoms with E-state index < -0.39 is 0 Å².